The number of likely N-dealkylation sites (tertiary alicyclic amines) is 1. The number of hydrogen-bond acceptors (Lipinski definition) is 4. The van der Waals surface area contributed by atoms with Crippen molar-refractivity contribution in [1.29, 1.82) is 0 Å². The van der Waals surface area contributed by atoms with Crippen molar-refractivity contribution in [3.8, 4) is 0 Å². The van der Waals surface area contributed by atoms with Gasteiger partial charge in [0.1, 0.15) is 0 Å². The van der Waals surface area contributed by atoms with Gasteiger partial charge in [-0.15, -0.1) is 11.3 Å². The highest BCUT2D eigenvalue weighted by Crippen LogP contribution is 2.22. The Hall–Kier alpha value is -1.40. The van der Waals surface area contributed by atoms with Crippen LogP contribution in [0.5, 0.6) is 0 Å². The number of nitrogens with zero attached hydrogens (tertiary/aromatic N) is 1. The van der Waals surface area contributed by atoms with E-state index in [2.05, 4.69) is 5.32 Å². The Morgan fingerprint density at radius 2 is 2.38 bits per heavy atom. The van der Waals surface area contributed by atoms with Crippen molar-refractivity contribution in [3.05, 3.63) is 22.4 Å². The van der Waals surface area contributed by atoms with Gasteiger partial charge < -0.3 is 15.3 Å². The highest BCUT2D eigenvalue weighted by Gasteiger charge is 2.29. The SMILES string of the molecule is CC(O)CC1CCCN1C(=O)CCNC(=O)c1cccs1. The van der Waals surface area contributed by atoms with E-state index in [0.717, 1.165) is 19.4 Å². The number of nitrogens with one attached hydrogen (secondary N) is 1. The monoisotopic (exact) mass is 310 g/mol. The maximum absolute atomic E-state index is 12.2. The summed E-state index contributed by atoms with van der Waals surface area (Å²) in [7, 11) is 0. The van der Waals surface area contributed by atoms with Gasteiger partial charge in [-0.3, -0.25) is 9.59 Å². The maximum atomic E-state index is 12.2. The molecule has 0 bridgehead atoms. The van der Waals surface area contributed by atoms with Crippen LogP contribution in [0.25, 0.3) is 0 Å². The Kier molecular flexibility index (Phi) is 5.76. The fourth-order valence-electron chi connectivity index (χ4n) is 2.72. The first kappa shape index (κ1) is 16.0. The highest BCUT2D eigenvalue weighted by atomic mass is 32.1. The summed E-state index contributed by atoms with van der Waals surface area (Å²) >= 11 is 1.39. The van der Waals surface area contributed by atoms with Gasteiger partial charge in [0.25, 0.3) is 5.91 Å². The lowest BCUT2D eigenvalue weighted by atomic mass is 10.1. The molecular weight excluding hydrogens is 288 g/mol. The third-order valence-corrected chi connectivity index (χ3v) is 4.55. The molecule has 2 N–H and O–H groups in total. The third-order valence-electron chi connectivity index (χ3n) is 3.68. The molecule has 0 spiro atoms. The van der Waals surface area contributed by atoms with Gasteiger partial charge in [0.2, 0.25) is 5.91 Å². The van der Waals surface area contributed by atoms with E-state index < -0.39 is 0 Å². The van der Waals surface area contributed by atoms with Crippen molar-refractivity contribution in [3.63, 3.8) is 0 Å². The number of aliphatic hydroxyl groups is 1. The molecule has 1 aliphatic heterocycles. The van der Waals surface area contributed by atoms with E-state index >= 15 is 0 Å². The second-order valence-corrected chi connectivity index (χ2v) is 6.40. The van der Waals surface area contributed by atoms with Crippen molar-refractivity contribution >= 4 is 23.2 Å². The average molecular weight is 310 g/mol. The number of thiophene rings is 1. The molecule has 5 nitrogen and oxygen atoms in total. The molecule has 0 radical (unpaired) electrons. The second kappa shape index (κ2) is 7.56. The van der Waals surface area contributed by atoms with Crippen LogP contribution < -0.4 is 5.32 Å². The third kappa shape index (κ3) is 4.54. The van der Waals surface area contributed by atoms with Crippen LogP contribution in [-0.4, -0.2) is 47.1 Å². The van der Waals surface area contributed by atoms with Crippen molar-refractivity contribution in [2.75, 3.05) is 13.1 Å². The van der Waals surface area contributed by atoms with Crippen molar-refractivity contribution in [1.82, 2.24) is 10.2 Å². The lowest BCUT2D eigenvalue weighted by Gasteiger charge is -2.25. The number of rotatable bonds is 6. The Labute approximate surface area is 129 Å². The first-order chi connectivity index (χ1) is 10.1. The highest BCUT2D eigenvalue weighted by molar-refractivity contribution is 7.12. The van der Waals surface area contributed by atoms with Crippen LogP contribution in [0.15, 0.2) is 17.5 Å². The van der Waals surface area contributed by atoms with Crippen LogP contribution in [0.3, 0.4) is 0 Å². The molecule has 21 heavy (non-hydrogen) atoms. The minimum atomic E-state index is -0.387. The normalized spacial score (nSPS) is 19.5. The minimum Gasteiger partial charge on any atom is -0.393 e. The molecule has 1 aromatic heterocycles. The molecule has 116 valence electrons. The van der Waals surface area contributed by atoms with Crippen LogP contribution in [-0.2, 0) is 4.79 Å². The smallest absolute Gasteiger partial charge is 0.261 e. The molecule has 1 aromatic rings. The zero-order valence-corrected chi connectivity index (χ0v) is 13.1. The van der Waals surface area contributed by atoms with Gasteiger partial charge in [-0.1, -0.05) is 6.07 Å². The number of amides is 2. The molecule has 0 saturated carbocycles. The van der Waals surface area contributed by atoms with Crippen molar-refractivity contribution in [2.45, 2.75) is 44.8 Å². The molecule has 6 heteroatoms. The molecule has 0 aromatic carbocycles. The van der Waals surface area contributed by atoms with Gasteiger partial charge in [0, 0.05) is 25.6 Å². The summed E-state index contributed by atoms with van der Waals surface area (Å²) in [6.07, 6.45) is 2.51. The number of aliphatic hydroxyl groups excluding tert-OH is 1. The van der Waals surface area contributed by atoms with Gasteiger partial charge in [0.05, 0.1) is 11.0 Å². The Morgan fingerprint density at radius 3 is 3.05 bits per heavy atom. The standard InChI is InChI=1S/C15H22N2O3S/c1-11(18)10-12-4-2-8-17(12)14(19)6-7-16-15(20)13-5-3-9-21-13/h3,5,9,11-12,18H,2,4,6-8,10H2,1H3,(H,16,20). The summed E-state index contributed by atoms with van der Waals surface area (Å²) in [5.74, 6) is -0.0654. The molecule has 2 unspecified atom stereocenters. The van der Waals surface area contributed by atoms with Crippen LogP contribution in [0.1, 0.15) is 42.3 Å². The van der Waals surface area contributed by atoms with Crippen molar-refractivity contribution in [2.24, 2.45) is 0 Å². The summed E-state index contributed by atoms with van der Waals surface area (Å²) in [6, 6.07) is 3.74. The van der Waals surface area contributed by atoms with Gasteiger partial charge in [-0.05, 0) is 37.6 Å². The zero-order chi connectivity index (χ0) is 15.2. The summed E-state index contributed by atoms with van der Waals surface area (Å²) < 4.78 is 0. The Bertz CT molecular complexity index is 473. The zero-order valence-electron chi connectivity index (χ0n) is 12.2. The quantitative estimate of drug-likeness (QED) is 0.839. The molecule has 2 atom stereocenters. The summed E-state index contributed by atoms with van der Waals surface area (Å²) in [5, 5.41) is 14.1. The lowest BCUT2D eigenvalue weighted by molar-refractivity contribution is -0.132. The summed E-state index contributed by atoms with van der Waals surface area (Å²) in [4.78, 5) is 26.5. The first-order valence-electron chi connectivity index (χ1n) is 7.37. The van der Waals surface area contributed by atoms with E-state index in [0.29, 0.717) is 24.3 Å². The molecule has 1 saturated heterocycles. The predicted molar refractivity (Wildman–Crippen MR) is 82.3 cm³/mol. The number of carbonyl (C=O) groups is 2. The second-order valence-electron chi connectivity index (χ2n) is 5.45. The summed E-state index contributed by atoms with van der Waals surface area (Å²) in [5.41, 5.74) is 0. The molecule has 2 rings (SSSR count). The van der Waals surface area contributed by atoms with Gasteiger partial charge >= 0.3 is 0 Å². The van der Waals surface area contributed by atoms with Crippen LogP contribution in [0, 0.1) is 0 Å². The van der Waals surface area contributed by atoms with E-state index in [-0.39, 0.29) is 24.0 Å². The molecule has 1 aliphatic rings. The molecule has 2 heterocycles. The summed E-state index contributed by atoms with van der Waals surface area (Å²) in [6.45, 7) is 2.87. The van der Waals surface area contributed by atoms with Crippen LogP contribution in [0.2, 0.25) is 0 Å². The average Bonchev–Trinajstić information content (AvgIpc) is 3.08. The van der Waals surface area contributed by atoms with E-state index in [1.54, 1.807) is 13.0 Å². The molecular formula is C15H22N2O3S. The number of hydrogen-bond donors (Lipinski definition) is 2. The largest absolute Gasteiger partial charge is 0.393 e. The molecule has 1 fully saturated rings. The molecule has 0 aliphatic carbocycles. The minimum absolute atomic E-state index is 0.0598. The van der Waals surface area contributed by atoms with E-state index in [1.165, 1.54) is 11.3 Å². The van der Waals surface area contributed by atoms with Gasteiger partial charge in [-0.25, -0.2) is 0 Å². The van der Waals surface area contributed by atoms with E-state index in [4.69, 9.17) is 0 Å². The van der Waals surface area contributed by atoms with Gasteiger partial charge in [0.15, 0.2) is 0 Å². The fourth-order valence-corrected chi connectivity index (χ4v) is 3.36. The van der Waals surface area contributed by atoms with E-state index in [9.17, 15) is 14.7 Å². The van der Waals surface area contributed by atoms with Crippen LogP contribution >= 0.6 is 11.3 Å². The predicted octanol–water partition coefficient (Wildman–Crippen LogP) is 1.63. The van der Waals surface area contributed by atoms with E-state index in [1.807, 2.05) is 16.3 Å². The Morgan fingerprint density at radius 1 is 1.57 bits per heavy atom. The maximum Gasteiger partial charge on any atom is 0.261 e. The first-order valence-corrected chi connectivity index (χ1v) is 8.25. The fraction of sp³-hybridized carbons (Fsp3) is 0.600. The molecule has 2 amide bonds. The van der Waals surface area contributed by atoms with Gasteiger partial charge in [-0.2, -0.15) is 0 Å². The number of carbonyl (C=O) groups excluding carboxylic acids is 2. The van der Waals surface area contributed by atoms with Crippen molar-refractivity contribution < 1.29 is 14.7 Å². The topological polar surface area (TPSA) is 69.6 Å². The van der Waals surface area contributed by atoms with Crippen LogP contribution in [0.4, 0.5) is 0 Å². The Balaban J connectivity index is 1.75. The lowest BCUT2D eigenvalue weighted by Crippen LogP contribution is -2.39.